The summed E-state index contributed by atoms with van der Waals surface area (Å²) in [6, 6.07) is 18.0. The molecule has 170 valence electrons. The number of nitrogens with zero attached hydrogens (tertiary/aromatic N) is 2. The summed E-state index contributed by atoms with van der Waals surface area (Å²) in [6.45, 7) is 18.1. The highest BCUT2D eigenvalue weighted by molar-refractivity contribution is 6.36. The summed E-state index contributed by atoms with van der Waals surface area (Å²) in [4.78, 5) is 6.26. The molecule has 0 aliphatic rings. The first kappa shape index (κ1) is 29.1. The molecule has 0 amide bonds. The van der Waals surface area contributed by atoms with E-state index in [1.165, 1.54) is 30.8 Å². The van der Waals surface area contributed by atoms with Gasteiger partial charge in [-0.05, 0) is 76.2 Å². The Morgan fingerprint density at radius 2 is 1.26 bits per heavy atom. The molecule has 1 heterocycles. The number of aryl methyl sites for hydroxylation is 3. The molecule has 0 N–H and O–H groups in total. The van der Waals surface area contributed by atoms with Crippen molar-refractivity contribution in [1.82, 2.24) is 9.88 Å². The van der Waals surface area contributed by atoms with Gasteiger partial charge in [-0.15, -0.1) is 0 Å². The predicted octanol–water partition coefficient (Wildman–Crippen LogP) is 8.34. The second-order valence-corrected chi connectivity index (χ2v) is 7.89. The molecule has 0 saturated carbocycles. The van der Waals surface area contributed by atoms with Crippen LogP contribution in [0.4, 0.5) is 0 Å². The number of rotatable bonds is 3. The van der Waals surface area contributed by atoms with Crippen molar-refractivity contribution in [2.75, 3.05) is 19.6 Å². The van der Waals surface area contributed by atoms with E-state index >= 15 is 0 Å². The largest absolute Gasteiger partial charge is 0.304 e. The standard InChI is InChI=1S/C8H8Cl2.C7H8.C6H7N.C6H15N/c1-5-3-4-7(9)6(2)8(5)10;1-7-5-3-2-4-6-7;1-6-3-2-4-7-5-6;1-4-7(5-2)6-3/h3-4H,1-2H3;2-6H,1H3;2-5H,1H3;4-6H2,1-3H3. The normalized spacial score (nSPS) is 9.48. The highest BCUT2D eigenvalue weighted by Gasteiger charge is 2.01. The minimum absolute atomic E-state index is 0.732. The molecule has 0 radical (unpaired) electrons. The lowest BCUT2D eigenvalue weighted by molar-refractivity contribution is 0.321. The van der Waals surface area contributed by atoms with E-state index in [9.17, 15) is 0 Å². The van der Waals surface area contributed by atoms with Gasteiger partial charge in [-0.2, -0.15) is 0 Å². The molecule has 0 bridgehead atoms. The van der Waals surface area contributed by atoms with Gasteiger partial charge in [0.25, 0.3) is 0 Å². The molecule has 3 rings (SSSR count). The fraction of sp³-hybridized carbons (Fsp3) is 0.370. The van der Waals surface area contributed by atoms with Crippen LogP contribution < -0.4 is 0 Å². The van der Waals surface area contributed by atoms with Gasteiger partial charge in [0.1, 0.15) is 0 Å². The van der Waals surface area contributed by atoms with Gasteiger partial charge < -0.3 is 4.90 Å². The topological polar surface area (TPSA) is 16.1 Å². The van der Waals surface area contributed by atoms with Gasteiger partial charge in [0.2, 0.25) is 0 Å². The Morgan fingerprint density at radius 3 is 1.55 bits per heavy atom. The van der Waals surface area contributed by atoms with Crippen molar-refractivity contribution in [2.24, 2.45) is 0 Å². The number of hydrogen-bond donors (Lipinski definition) is 0. The summed E-state index contributed by atoms with van der Waals surface area (Å²) in [5.74, 6) is 0. The van der Waals surface area contributed by atoms with E-state index in [2.05, 4.69) is 49.7 Å². The zero-order chi connectivity index (χ0) is 23.6. The van der Waals surface area contributed by atoms with Crippen LogP contribution in [0.3, 0.4) is 0 Å². The Hall–Kier alpha value is -1.87. The van der Waals surface area contributed by atoms with Gasteiger partial charge in [-0.25, -0.2) is 0 Å². The lowest BCUT2D eigenvalue weighted by atomic mass is 10.2. The lowest BCUT2D eigenvalue weighted by Crippen LogP contribution is -2.21. The van der Waals surface area contributed by atoms with E-state index in [0.717, 1.165) is 21.2 Å². The Labute approximate surface area is 200 Å². The Balaban J connectivity index is 0.000000393. The predicted molar refractivity (Wildman–Crippen MR) is 140 cm³/mol. The van der Waals surface area contributed by atoms with E-state index in [0.29, 0.717) is 0 Å². The Bertz CT molecular complexity index is 747. The Kier molecular flexibility index (Phi) is 16.7. The molecule has 0 atom stereocenters. The van der Waals surface area contributed by atoms with Gasteiger partial charge in [0.15, 0.2) is 0 Å². The number of halogens is 2. The summed E-state index contributed by atoms with van der Waals surface area (Å²) < 4.78 is 0. The molecule has 0 spiro atoms. The van der Waals surface area contributed by atoms with Gasteiger partial charge in [-0.3, -0.25) is 4.98 Å². The van der Waals surface area contributed by atoms with E-state index in [-0.39, 0.29) is 0 Å². The van der Waals surface area contributed by atoms with Crippen molar-refractivity contribution in [2.45, 2.75) is 48.5 Å². The van der Waals surface area contributed by atoms with Crippen molar-refractivity contribution >= 4 is 23.2 Å². The van der Waals surface area contributed by atoms with E-state index in [1.54, 1.807) is 6.20 Å². The van der Waals surface area contributed by atoms with E-state index in [1.807, 2.05) is 69.4 Å². The highest BCUT2D eigenvalue weighted by Crippen LogP contribution is 2.26. The van der Waals surface area contributed by atoms with Crippen LogP contribution >= 0.6 is 23.2 Å². The van der Waals surface area contributed by atoms with Crippen LogP contribution in [0.25, 0.3) is 0 Å². The van der Waals surface area contributed by atoms with Crippen molar-refractivity contribution in [3.8, 4) is 0 Å². The molecule has 0 saturated heterocycles. The minimum atomic E-state index is 0.732. The quantitative estimate of drug-likeness (QED) is 0.390. The van der Waals surface area contributed by atoms with Crippen LogP contribution in [0.1, 0.15) is 43.0 Å². The van der Waals surface area contributed by atoms with Crippen LogP contribution in [-0.2, 0) is 0 Å². The molecule has 3 aromatic rings. The maximum absolute atomic E-state index is 5.90. The number of hydrogen-bond acceptors (Lipinski definition) is 2. The summed E-state index contributed by atoms with van der Waals surface area (Å²) >= 11 is 11.7. The fourth-order valence-corrected chi connectivity index (χ4v) is 2.82. The van der Waals surface area contributed by atoms with Crippen LogP contribution in [-0.4, -0.2) is 29.5 Å². The molecule has 0 aliphatic carbocycles. The fourth-order valence-electron chi connectivity index (χ4n) is 2.45. The highest BCUT2D eigenvalue weighted by atomic mass is 35.5. The van der Waals surface area contributed by atoms with Crippen molar-refractivity contribution < 1.29 is 0 Å². The maximum atomic E-state index is 5.90. The zero-order valence-corrected chi connectivity index (χ0v) is 21.6. The molecule has 4 heteroatoms. The zero-order valence-electron chi connectivity index (χ0n) is 20.1. The first-order valence-electron chi connectivity index (χ1n) is 10.8. The molecular weight excluding hydrogens is 423 g/mol. The number of benzene rings is 2. The molecule has 0 aliphatic heterocycles. The maximum Gasteiger partial charge on any atom is 0.0479 e. The summed E-state index contributed by atoms with van der Waals surface area (Å²) in [6.07, 6.45) is 3.60. The number of pyridine rings is 1. The molecule has 0 unspecified atom stereocenters. The summed E-state index contributed by atoms with van der Waals surface area (Å²) in [5, 5.41) is 1.50. The third-order valence-electron chi connectivity index (χ3n) is 4.60. The first-order chi connectivity index (χ1) is 14.8. The molecular formula is C27H38Cl2N2. The van der Waals surface area contributed by atoms with Gasteiger partial charge >= 0.3 is 0 Å². The monoisotopic (exact) mass is 460 g/mol. The second-order valence-electron chi connectivity index (χ2n) is 7.11. The van der Waals surface area contributed by atoms with E-state index in [4.69, 9.17) is 23.2 Å². The van der Waals surface area contributed by atoms with Crippen LogP contribution in [0, 0.1) is 27.7 Å². The van der Waals surface area contributed by atoms with Gasteiger partial charge in [0, 0.05) is 22.4 Å². The van der Waals surface area contributed by atoms with Crippen molar-refractivity contribution in [3.63, 3.8) is 0 Å². The van der Waals surface area contributed by atoms with Crippen molar-refractivity contribution in [3.05, 3.63) is 99.3 Å². The SMILES string of the molecule is CCN(CC)CC.Cc1ccc(Cl)c(C)c1Cl.Cc1ccccc1.Cc1cccnc1. The molecule has 31 heavy (non-hydrogen) atoms. The average molecular weight is 462 g/mol. The van der Waals surface area contributed by atoms with Gasteiger partial charge in [-0.1, -0.05) is 92.0 Å². The molecule has 2 nitrogen and oxygen atoms in total. The molecule has 0 fully saturated rings. The second kappa shape index (κ2) is 17.8. The van der Waals surface area contributed by atoms with E-state index < -0.39 is 0 Å². The molecule has 2 aromatic carbocycles. The van der Waals surface area contributed by atoms with Crippen LogP contribution in [0.2, 0.25) is 10.0 Å². The van der Waals surface area contributed by atoms with Crippen LogP contribution in [0.15, 0.2) is 67.0 Å². The minimum Gasteiger partial charge on any atom is -0.304 e. The van der Waals surface area contributed by atoms with Crippen LogP contribution in [0.5, 0.6) is 0 Å². The first-order valence-corrected chi connectivity index (χ1v) is 11.5. The molecule has 1 aromatic heterocycles. The van der Waals surface area contributed by atoms with Crippen molar-refractivity contribution in [1.29, 1.82) is 0 Å². The summed E-state index contributed by atoms with van der Waals surface area (Å²) in [7, 11) is 0. The third-order valence-corrected chi connectivity index (χ3v) is 5.60. The average Bonchev–Trinajstić information content (AvgIpc) is 2.79. The third kappa shape index (κ3) is 13.9. The lowest BCUT2D eigenvalue weighted by Gasteiger charge is -2.13. The number of aromatic nitrogens is 1. The smallest absolute Gasteiger partial charge is 0.0479 e. The summed E-state index contributed by atoms with van der Waals surface area (Å²) in [5.41, 5.74) is 4.57. The van der Waals surface area contributed by atoms with Gasteiger partial charge in [0.05, 0.1) is 0 Å². The Morgan fingerprint density at radius 1 is 0.710 bits per heavy atom.